The molecule has 1 atom stereocenters. The van der Waals surface area contributed by atoms with Crippen molar-refractivity contribution in [3.8, 4) is 0 Å². The highest BCUT2D eigenvalue weighted by atomic mass is 35.5. The van der Waals surface area contributed by atoms with Crippen LogP contribution < -0.4 is 0 Å². The second kappa shape index (κ2) is 6.72. The van der Waals surface area contributed by atoms with Crippen molar-refractivity contribution in [3.63, 3.8) is 0 Å². The van der Waals surface area contributed by atoms with Crippen molar-refractivity contribution in [1.29, 1.82) is 0 Å². The molecule has 0 aliphatic heterocycles. The summed E-state index contributed by atoms with van der Waals surface area (Å²) in [4.78, 5) is 13.9. The van der Waals surface area contributed by atoms with Gasteiger partial charge < -0.3 is 14.5 Å². The Morgan fingerprint density at radius 3 is 3.00 bits per heavy atom. The summed E-state index contributed by atoms with van der Waals surface area (Å²) >= 11 is 5.91. The summed E-state index contributed by atoms with van der Waals surface area (Å²) in [6.07, 6.45) is 2.84. The summed E-state index contributed by atoms with van der Waals surface area (Å²) in [5.41, 5.74) is 2.39. The van der Waals surface area contributed by atoms with Crippen LogP contribution >= 0.6 is 11.6 Å². The lowest BCUT2D eigenvalue weighted by Crippen LogP contribution is -2.31. The predicted octanol–water partition coefficient (Wildman–Crippen LogP) is 2.90. The molecule has 0 bridgehead atoms. The Balaban J connectivity index is 1.71. The van der Waals surface area contributed by atoms with E-state index in [4.69, 9.17) is 16.1 Å². The van der Waals surface area contributed by atoms with E-state index in [1.54, 1.807) is 31.3 Å². The normalized spacial score (nSPS) is 15.1. The van der Waals surface area contributed by atoms with Gasteiger partial charge in [0.25, 0.3) is 5.91 Å². The molecule has 0 saturated carbocycles. The first-order chi connectivity index (χ1) is 11.1. The van der Waals surface area contributed by atoms with Gasteiger partial charge in [0.15, 0.2) is 6.10 Å². The van der Waals surface area contributed by atoms with E-state index in [-0.39, 0.29) is 5.91 Å². The molecule has 1 aromatic heterocycles. The summed E-state index contributed by atoms with van der Waals surface area (Å²) < 4.78 is 5.36. The highest BCUT2D eigenvalue weighted by Crippen LogP contribution is 2.26. The first-order valence-electron chi connectivity index (χ1n) is 7.71. The molecule has 1 N–H and O–H groups in total. The molecule has 0 fully saturated rings. The van der Waals surface area contributed by atoms with Crippen molar-refractivity contribution < 1.29 is 14.4 Å². The first kappa shape index (κ1) is 16.0. The summed E-state index contributed by atoms with van der Waals surface area (Å²) in [5.74, 6) is 0.544. The third kappa shape index (κ3) is 3.41. The van der Waals surface area contributed by atoms with Crippen LogP contribution in [0, 0.1) is 0 Å². The Labute approximate surface area is 139 Å². The van der Waals surface area contributed by atoms with Crippen molar-refractivity contribution in [3.05, 3.63) is 51.9 Å². The van der Waals surface area contributed by atoms with E-state index >= 15 is 0 Å². The number of likely N-dealkylation sites (N-methyl/N-ethyl adjacent to an activating group) is 1. The van der Waals surface area contributed by atoms with Crippen LogP contribution in [-0.2, 0) is 24.2 Å². The van der Waals surface area contributed by atoms with E-state index in [2.05, 4.69) is 5.16 Å². The minimum absolute atomic E-state index is 0.329. The van der Waals surface area contributed by atoms with Crippen LogP contribution in [0.3, 0.4) is 0 Å². The first-order valence-corrected chi connectivity index (χ1v) is 8.09. The Morgan fingerprint density at radius 2 is 2.22 bits per heavy atom. The SMILES string of the molecule is CN(Cc1noc2c1CCCC2)C(=O)[C@H](O)c1cccc(Cl)c1. The fraction of sp³-hybridized carbons (Fsp3) is 0.412. The number of fused-ring (bicyclic) bond motifs is 1. The maximum absolute atomic E-state index is 12.4. The van der Waals surface area contributed by atoms with Gasteiger partial charge in [-0.25, -0.2) is 0 Å². The monoisotopic (exact) mass is 334 g/mol. The number of aromatic nitrogens is 1. The Bertz CT molecular complexity index is 714. The highest BCUT2D eigenvalue weighted by molar-refractivity contribution is 6.30. The standard InChI is InChI=1S/C17H19ClN2O3/c1-20(10-14-13-7-2-3-8-15(13)23-19-14)17(22)16(21)11-5-4-6-12(18)9-11/h4-6,9,16,21H,2-3,7-8,10H2,1H3/t16-/m1/s1. The molecule has 1 heterocycles. The molecule has 1 aliphatic carbocycles. The lowest BCUT2D eigenvalue weighted by molar-refractivity contribution is -0.139. The van der Waals surface area contributed by atoms with Gasteiger partial charge in [-0.05, 0) is 37.0 Å². The zero-order chi connectivity index (χ0) is 16.4. The molecule has 5 nitrogen and oxygen atoms in total. The van der Waals surface area contributed by atoms with E-state index in [0.717, 1.165) is 42.7 Å². The van der Waals surface area contributed by atoms with Gasteiger partial charge in [-0.2, -0.15) is 0 Å². The Hall–Kier alpha value is -1.85. The van der Waals surface area contributed by atoms with Crippen molar-refractivity contribution in [1.82, 2.24) is 10.1 Å². The van der Waals surface area contributed by atoms with Gasteiger partial charge in [-0.15, -0.1) is 0 Å². The molecule has 0 saturated heterocycles. The van der Waals surface area contributed by atoms with E-state index in [1.807, 2.05) is 0 Å². The number of amides is 1. The predicted molar refractivity (Wildman–Crippen MR) is 86.0 cm³/mol. The summed E-state index contributed by atoms with van der Waals surface area (Å²) in [6, 6.07) is 6.69. The van der Waals surface area contributed by atoms with Gasteiger partial charge >= 0.3 is 0 Å². The molecular formula is C17H19ClN2O3. The average molecular weight is 335 g/mol. The lowest BCUT2D eigenvalue weighted by Gasteiger charge is -2.21. The van der Waals surface area contributed by atoms with Crippen LogP contribution in [0.5, 0.6) is 0 Å². The molecular weight excluding hydrogens is 316 g/mol. The Kier molecular flexibility index (Phi) is 4.68. The van der Waals surface area contributed by atoms with Crippen LogP contribution in [0.2, 0.25) is 5.02 Å². The topological polar surface area (TPSA) is 66.6 Å². The zero-order valence-corrected chi connectivity index (χ0v) is 13.7. The minimum Gasteiger partial charge on any atom is -0.378 e. The van der Waals surface area contributed by atoms with Gasteiger partial charge in [-0.3, -0.25) is 4.79 Å². The van der Waals surface area contributed by atoms with Gasteiger partial charge in [0.2, 0.25) is 0 Å². The fourth-order valence-corrected chi connectivity index (χ4v) is 3.10. The zero-order valence-electron chi connectivity index (χ0n) is 13.0. The van der Waals surface area contributed by atoms with Crippen LogP contribution in [0.15, 0.2) is 28.8 Å². The molecule has 122 valence electrons. The summed E-state index contributed by atoms with van der Waals surface area (Å²) in [7, 11) is 1.65. The number of nitrogens with zero attached hydrogens (tertiary/aromatic N) is 2. The van der Waals surface area contributed by atoms with E-state index < -0.39 is 6.10 Å². The van der Waals surface area contributed by atoms with Gasteiger partial charge in [0.05, 0.1) is 6.54 Å². The molecule has 1 aromatic carbocycles. The third-order valence-corrected chi connectivity index (χ3v) is 4.43. The van der Waals surface area contributed by atoms with E-state index in [9.17, 15) is 9.90 Å². The maximum Gasteiger partial charge on any atom is 0.256 e. The molecule has 23 heavy (non-hydrogen) atoms. The number of rotatable bonds is 4. The van der Waals surface area contributed by atoms with Crippen molar-refractivity contribution in [2.45, 2.75) is 38.3 Å². The van der Waals surface area contributed by atoms with E-state index in [0.29, 0.717) is 17.1 Å². The number of hydrogen-bond donors (Lipinski definition) is 1. The molecule has 6 heteroatoms. The van der Waals surface area contributed by atoms with E-state index in [1.165, 1.54) is 4.90 Å². The number of carbonyl (C=O) groups is 1. The quantitative estimate of drug-likeness (QED) is 0.933. The van der Waals surface area contributed by atoms with Crippen molar-refractivity contribution >= 4 is 17.5 Å². The second-order valence-corrected chi connectivity index (χ2v) is 6.33. The molecule has 3 rings (SSSR count). The number of hydrogen-bond acceptors (Lipinski definition) is 4. The number of aryl methyl sites for hydroxylation is 1. The van der Waals surface area contributed by atoms with Crippen molar-refractivity contribution in [2.24, 2.45) is 0 Å². The Morgan fingerprint density at radius 1 is 1.43 bits per heavy atom. The molecule has 2 aromatic rings. The average Bonchev–Trinajstić information content (AvgIpc) is 2.96. The maximum atomic E-state index is 12.4. The van der Waals surface area contributed by atoms with Gasteiger partial charge in [0.1, 0.15) is 11.5 Å². The van der Waals surface area contributed by atoms with Crippen LogP contribution in [0.25, 0.3) is 0 Å². The number of aliphatic hydroxyl groups excluding tert-OH is 1. The van der Waals surface area contributed by atoms with Crippen LogP contribution in [0.4, 0.5) is 0 Å². The minimum atomic E-state index is -1.23. The molecule has 0 unspecified atom stereocenters. The molecule has 1 amide bonds. The third-order valence-electron chi connectivity index (χ3n) is 4.19. The van der Waals surface area contributed by atoms with Crippen LogP contribution in [0.1, 0.15) is 41.5 Å². The second-order valence-electron chi connectivity index (χ2n) is 5.89. The number of benzene rings is 1. The highest BCUT2D eigenvalue weighted by Gasteiger charge is 2.25. The number of aliphatic hydroxyl groups is 1. The number of halogens is 1. The largest absolute Gasteiger partial charge is 0.378 e. The molecule has 0 radical (unpaired) electrons. The van der Waals surface area contributed by atoms with Crippen LogP contribution in [-0.4, -0.2) is 28.1 Å². The lowest BCUT2D eigenvalue weighted by atomic mass is 9.96. The van der Waals surface area contributed by atoms with Crippen molar-refractivity contribution in [2.75, 3.05) is 7.05 Å². The fourth-order valence-electron chi connectivity index (χ4n) is 2.90. The number of carbonyl (C=O) groups excluding carboxylic acids is 1. The van der Waals surface area contributed by atoms with Gasteiger partial charge in [-0.1, -0.05) is 28.9 Å². The molecule has 1 aliphatic rings. The smallest absolute Gasteiger partial charge is 0.256 e. The summed E-state index contributed by atoms with van der Waals surface area (Å²) in [6.45, 7) is 0.329. The molecule has 0 spiro atoms. The summed E-state index contributed by atoms with van der Waals surface area (Å²) in [5, 5.41) is 14.8. The van der Waals surface area contributed by atoms with Gasteiger partial charge in [0, 0.05) is 24.1 Å².